The number of carboxylic acids is 1. The number of hydrogen-bond donors (Lipinski definition) is 2. The van der Waals surface area contributed by atoms with Gasteiger partial charge in [0.2, 0.25) is 5.13 Å². The average molecular weight is 430 g/mol. The average Bonchev–Trinajstić information content (AvgIpc) is 2.93. The zero-order chi connectivity index (χ0) is 15.6. The number of aryl methyl sites for hydroxylation is 1. The normalized spacial score (nSPS) is 11.5. The fourth-order valence-electron chi connectivity index (χ4n) is 1.30. The van der Waals surface area contributed by atoms with E-state index in [-0.39, 0.29) is 15.8 Å². The number of nitrogens with zero attached hydrogens (tertiary/aromatic N) is 2. The first-order chi connectivity index (χ1) is 9.78. The molecule has 2 aromatic heterocycles. The molecule has 21 heavy (non-hydrogen) atoms. The minimum atomic E-state index is -3.73. The van der Waals surface area contributed by atoms with Crippen LogP contribution in [0.2, 0.25) is 0 Å². The summed E-state index contributed by atoms with van der Waals surface area (Å²) in [6, 6.07) is 1.52. The van der Waals surface area contributed by atoms with Crippen LogP contribution in [-0.4, -0.2) is 35.4 Å². The van der Waals surface area contributed by atoms with Gasteiger partial charge in [0.15, 0.2) is 4.34 Å². The molecule has 0 spiro atoms. The van der Waals surface area contributed by atoms with Crippen molar-refractivity contribution in [3.63, 3.8) is 0 Å². The number of aromatic nitrogens is 2. The molecule has 2 aromatic rings. The number of rotatable bonds is 6. The Morgan fingerprint density at radius 1 is 1.48 bits per heavy atom. The summed E-state index contributed by atoms with van der Waals surface area (Å²) in [5.41, 5.74) is 0. The number of carboxylic acid groups (broad SMARTS) is 1. The molecule has 2 N–H and O–H groups in total. The van der Waals surface area contributed by atoms with Gasteiger partial charge in [-0.15, -0.1) is 21.5 Å². The highest BCUT2D eigenvalue weighted by Gasteiger charge is 2.21. The second-order valence-corrected chi connectivity index (χ2v) is 10.1. The Kier molecular flexibility index (Phi) is 5.24. The molecule has 0 saturated heterocycles. The summed E-state index contributed by atoms with van der Waals surface area (Å²) in [6.45, 7) is 1.71. The zero-order valence-corrected chi connectivity index (χ0v) is 15.2. The van der Waals surface area contributed by atoms with Crippen molar-refractivity contribution in [2.24, 2.45) is 0 Å². The highest BCUT2D eigenvalue weighted by molar-refractivity contribution is 9.11. The van der Waals surface area contributed by atoms with Crippen molar-refractivity contribution in [2.45, 2.75) is 16.2 Å². The lowest BCUT2D eigenvalue weighted by Gasteiger charge is -2.02. The monoisotopic (exact) mass is 429 g/mol. The summed E-state index contributed by atoms with van der Waals surface area (Å²) in [5, 5.41) is 16.1. The fraction of sp³-hybridized carbons (Fsp3) is 0.222. The highest BCUT2D eigenvalue weighted by atomic mass is 79.9. The molecular weight excluding hydrogens is 422 g/mol. The van der Waals surface area contributed by atoms with Gasteiger partial charge >= 0.3 is 5.97 Å². The number of carbonyl (C=O) groups is 1. The number of thiophene rings is 1. The van der Waals surface area contributed by atoms with Crippen LogP contribution in [0.3, 0.4) is 0 Å². The van der Waals surface area contributed by atoms with E-state index in [1.165, 1.54) is 17.4 Å². The smallest absolute Gasteiger partial charge is 0.313 e. The van der Waals surface area contributed by atoms with Crippen LogP contribution in [0, 0.1) is 6.92 Å². The summed E-state index contributed by atoms with van der Waals surface area (Å²) in [6.07, 6.45) is 0. The Morgan fingerprint density at radius 2 is 2.19 bits per heavy atom. The molecule has 0 fully saturated rings. The van der Waals surface area contributed by atoms with Crippen LogP contribution in [-0.2, 0) is 14.8 Å². The van der Waals surface area contributed by atoms with E-state index in [2.05, 4.69) is 30.8 Å². The maximum absolute atomic E-state index is 12.2. The van der Waals surface area contributed by atoms with Gasteiger partial charge in [0, 0.05) is 4.88 Å². The van der Waals surface area contributed by atoms with Crippen molar-refractivity contribution >= 4 is 71.5 Å². The lowest BCUT2D eigenvalue weighted by molar-refractivity contribution is -0.133. The molecule has 114 valence electrons. The fourth-order valence-corrected chi connectivity index (χ4v) is 6.42. The Labute approximate surface area is 141 Å². The molecular formula is C9H8BrN3O4S4. The van der Waals surface area contributed by atoms with E-state index in [1.807, 2.05) is 0 Å². The molecule has 0 unspecified atom stereocenters. The van der Waals surface area contributed by atoms with Gasteiger partial charge in [0.25, 0.3) is 10.0 Å². The summed E-state index contributed by atoms with van der Waals surface area (Å²) in [5.74, 6) is -1.13. The van der Waals surface area contributed by atoms with Crippen molar-refractivity contribution in [3.05, 3.63) is 14.7 Å². The molecule has 0 bridgehead atoms. The summed E-state index contributed by atoms with van der Waals surface area (Å²) in [4.78, 5) is 11.3. The topological polar surface area (TPSA) is 109 Å². The molecule has 0 aliphatic heterocycles. The standard InChI is InChI=1S/C9H8BrN3O4S4/c1-4-5(2-6(10)19-4)21(16,17)13-8-11-12-9(20-8)18-3-7(14)15/h2H,3H2,1H3,(H,11,13)(H,14,15). The van der Waals surface area contributed by atoms with Gasteiger partial charge in [0.1, 0.15) is 4.90 Å². The Hall–Kier alpha value is -0.690. The predicted molar refractivity (Wildman–Crippen MR) is 85.8 cm³/mol. The second-order valence-electron chi connectivity index (χ2n) is 3.63. The maximum atomic E-state index is 12.2. The van der Waals surface area contributed by atoms with E-state index in [0.717, 1.165) is 26.9 Å². The number of halogens is 1. The molecule has 0 aliphatic carbocycles. The molecule has 12 heteroatoms. The second kappa shape index (κ2) is 6.60. The third-order valence-corrected chi connectivity index (χ3v) is 7.31. The molecule has 0 saturated carbocycles. The van der Waals surface area contributed by atoms with Crippen LogP contribution < -0.4 is 4.72 Å². The number of sulfonamides is 1. The third kappa shape index (κ3) is 4.39. The lowest BCUT2D eigenvalue weighted by Crippen LogP contribution is -2.12. The summed E-state index contributed by atoms with van der Waals surface area (Å²) >= 11 is 6.53. The van der Waals surface area contributed by atoms with E-state index in [1.54, 1.807) is 6.92 Å². The van der Waals surface area contributed by atoms with Crippen LogP contribution in [0.4, 0.5) is 5.13 Å². The predicted octanol–water partition coefficient (Wildman–Crippen LogP) is 2.65. The SMILES string of the molecule is Cc1sc(Br)cc1S(=O)(=O)Nc1nnc(SCC(=O)O)s1. The van der Waals surface area contributed by atoms with Gasteiger partial charge in [0.05, 0.1) is 9.54 Å². The van der Waals surface area contributed by atoms with Gasteiger partial charge in [-0.25, -0.2) is 8.42 Å². The van der Waals surface area contributed by atoms with Gasteiger partial charge in [-0.1, -0.05) is 23.1 Å². The van der Waals surface area contributed by atoms with Crippen molar-refractivity contribution in [2.75, 3.05) is 10.5 Å². The molecule has 2 heterocycles. The quantitative estimate of drug-likeness (QED) is 0.678. The minimum absolute atomic E-state index is 0.101. The van der Waals surface area contributed by atoms with Crippen LogP contribution in [0.1, 0.15) is 4.88 Å². The number of aliphatic carboxylic acids is 1. The first kappa shape index (κ1) is 16.7. The molecule has 0 radical (unpaired) electrons. The van der Waals surface area contributed by atoms with E-state index in [4.69, 9.17) is 5.11 Å². The van der Waals surface area contributed by atoms with Crippen molar-refractivity contribution in [1.82, 2.24) is 10.2 Å². The largest absolute Gasteiger partial charge is 0.481 e. The van der Waals surface area contributed by atoms with E-state index < -0.39 is 16.0 Å². The molecule has 0 aliphatic rings. The molecule has 2 rings (SSSR count). The van der Waals surface area contributed by atoms with Gasteiger partial charge < -0.3 is 5.11 Å². The highest BCUT2D eigenvalue weighted by Crippen LogP contribution is 2.32. The van der Waals surface area contributed by atoms with E-state index in [9.17, 15) is 13.2 Å². The third-order valence-electron chi connectivity index (χ3n) is 2.08. The van der Waals surface area contributed by atoms with Crippen LogP contribution in [0.15, 0.2) is 19.1 Å². The molecule has 0 aromatic carbocycles. The zero-order valence-electron chi connectivity index (χ0n) is 10.4. The van der Waals surface area contributed by atoms with E-state index in [0.29, 0.717) is 9.22 Å². The van der Waals surface area contributed by atoms with E-state index >= 15 is 0 Å². The number of nitrogens with one attached hydrogen (secondary N) is 1. The van der Waals surface area contributed by atoms with Gasteiger partial charge in [-0.2, -0.15) is 0 Å². The van der Waals surface area contributed by atoms with Gasteiger partial charge in [-0.05, 0) is 28.9 Å². The lowest BCUT2D eigenvalue weighted by atomic mass is 10.5. The van der Waals surface area contributed by atoms with Crippen molar-refractivity contribution in [1.29, 1.82) is 0 Å². The first-order valence-electron chi connectivity index (χ1n) is 5.25. The summed E-state index contributed by atoms with van der Waals surface area (Å²) in [7, 11) is -3.73. The molecule has 0 atom stereocenters. The van der Waals surface area contributed by atoms with Gasteiger partial charge in [-0.3, -0.25) is 9.52 Å². The van der Waals surface area contributed by atoms with Crippen LogP contribution in [0.5, 0.6) is 0 Å². The van der Waals surface area contributed by atoms with Crippen LogP contribution >= 0.6 is 50.4 Å². The molecule has 0 amide bonds. The summed E-state index contributed by atoms with van der Waals surface area (Å²) < 4.78 is 27.9. The Balaban J connectivity index is 2.14. The van der Waals surface area contributed by atoms with Crippen molar-refractivity contribution in [3.8, 4) is 0 Å². The number of hydrogen-bond acceptors (Lipinski definition) is 8. The maximum Gasteiger partial charge on any atom is 0.313 e. The first-order valence-corrected chi connectivity index (χ1v) is 10.1. The minimum Gasteiger partial charge on any atom is -0.481 e. The Bertz CT molecular complexity index is 770. The van der Waals surface area contributed by atoms with Crippen molar-refractivity contribution < 1.29 is 18.3 Å². The Morgan fingerprint density at radius 3 is 2.76 bits per heavy atom. The number of thioether (sulfide) groups is 1. The molecule has 7 nitrogen and oxygen atoms in total. The van der Waals surface area contributed by atoms with Crippen LogP contribution in [0.25, 0.3) is 0 Å². The number of anilines is 1.